The number of hydrogen-bond donors (Lipinski definition) is 0. The van der Waals surface area contributed by atoms with Gasteiger partial charge in [-0.05, 0) is 30.5 Å². The van der Waals surface area contributed by atoms with E-state index in [-0.39, 0.29) is 11.3 Å². The van der Waals surface area contributed by atoms with Crippen LogP contribution in [0.4, 0.5) is 0 Å². The molecule has 1 saturated heterocycles. The normalized spacial score (nSPS) is 24.1. The Labute approximate surface area is 123 Å². The van der Waals surface area contributed by atoms with Gasteiger partial charge in [0.05, 0.1) is 0 Å². The van der Waals surface area contributed by atoms with E-state index in [1.807, 2.05) is 30.0 Å². The van der Waals surface area contributed by atoms with Gasteiger partial charge in [-0.25, -0.2) is 0 Å². The fraction of sp³-hybridized carbons (Fsp3) is 0.533. The number of hydrogen-bond acceptors (Lipinski definition) is 2. The molecule has 1 unspecified atom stereocenters. The lowest BCUT2D eigenvalue weighted by molar-refractivity contribution is -0.135. The maximum Gasteiger partial charge on any atom is 0.226 e. The number of thioether (sulfide) groups is 1. The first kappa shape index (κ1) is 13.3. The van der Waals surface area contributed by atoms with E-state index in [4.69, 9.17) is 11.6 Å². The Balaban J connectivity index is 1.79. The molecule has 0 N–H and O–H groups in total. The van der Waals surface area contributed by atoms with Gasteiger partial charge < -0.3 is 4.90 Å². The molecule has 19 heavy (non-hydrogen) atoms. The van der Waals surface area contributed by atoms with Crippen LogP contribution in [0, 0.1) is 5.92 Å². The van der Waals surface area contributed by atoms with Crippen LogP contribution in [-0.4, -0.2) is 23.1 Å². The standard InChI is InChI=1S/C15H18ClNOS/c16-13-7-3-6-12(10-13)15-17(8-9-19-15)14(18)11-4-1-2-5-11/h3,6-7,10-11,15H,1-2,4-5,8-9H2. The Morgan fingerprint density at radius 3 is 2.84 bits per heavy atom. The Morgan fingerprint density at radius 2 is 2.11 bits per heavy atom. The molecular weight excluding hydrogens is 278 g/mol. The highest BCUT2D eigenvalue weighted by atomic mass is 35.5. The highest BCUT2D eigenvalue weighted by molar-refractivity contribution is 7.99. The second-order valence-corrected chi connectivity index (χ2v) is 6.92. The molecule has 4 heteroatoms. The second-order valence-electron chi connectivity index (χ2n) is 5.29. The highest BCUT2D eigenvalue weighted by Gasteiger charge is 2.35. The van der Waals surface area contributed by atoms with Gasteiger partial charge in [0.25, 0.3) is 0 Å². The Kier molecular flexibility index (Phi) is 4.04. The van der Waals surface area contributed by atoms with Crippen LogP contribution in [0.5, 0.6) is 0 Å². The zero-order valence-electron chi connectivity index (χ0n) is 10.8. The van der Waals surface area contributed by atoms with Crippen LogP contribution in [0.1, 0.15) is 36.6 Å². The molecule has 1 heterocycles. The topological polar surface area (TPSA) is 20.3 Å². The summed E-state index contributed by atoms with van der Waals surface area (Å²) in [5.41, 5.74) is 1.15. The van der Waals surface area contributed by atoms with Crippen LogP contribution in [0.2, 0.25) is 5.02 Å². The summed E-state index contributed by atoms with van der Waals surface area (Å²) < 4.78 is 0. The number of rotatable bonds is 2. The second kappa shape index (κ2) is 5.76. The molecule has 1 aromatic rings. The molecule has 2 fully saturated rings. The van der Waals surface area contributed by atoms with Crippen molar-refractivity contribution in [2.75, 3.05) is 12.3 Å². The van der Waals surface area contributed by atoms with Crippen LogP contribution in [0.25, 0.3) is 0 Å². The molecule has 0 spiro atoms. The lowest BCUT2D eigenvalue weighted by atomic mass is 10.1. The molecule has 1 aromatic carbocycles. The van der Waals surface area contributed by atoms with Gasteiger partial charge in [-0.15, -0.1) is 11.8 Å². The van der Waals surface area contributed by atoms with Crippen molar-refractivity contribution in [1.29, 1.82) is 0 Å². The monoisotopic (exact) mass is 295 g/mol. The van der Waals surface area contributed by atoms with Crippen LogP contribution in [-0.2, 0) is 4.79 Å². The number of carbonyl (C=O) groups excluding carboxylic acids is 1. The summed E-state index contributed by atoms with van der Waals surface area (Å²) in [6.07, 6.45) is 4.56. The molecule has 1 aliphatic carbocycles. The summed E-state index contributed by atoms with van der Waals surface area (Å²) in [6.45, 7) is 0.872. The van der Waals surface area contributed by atoms with Crippen molar-refractivity contribution in [2.24, 2.45) is 5.92 Å². The molecule has 102 valence electrons. The van der Waals surface area contributed by atoms with Crippen molar-refractivity contribution in [2.45, 2.75) is 31.1 Å². The molecule has 1 aliphatic heterocycles. The molecule has 2 aliphatic rings. The van der Waals surface area contributed by atoms with Crippen LogP contribution in [0.3, 0.4) is 0 Å². The average molecular weight is 296 g/mol. The molecule has 2 nitrogen and oxygen atoms in total. The SMILES string of the molecule is O=C(C1CCCC1)N1CCSC1c1cccc(Cl)c1. The summed E-state index contributed by atoms with van der Waals surface area (Å²) in [5, 5.41) is 0.907. The number of carbonyl (C=O) groups is 1. The molecule has 0 aromatic heterocycles. The van der Waals surface area contributed by atoms with Crippen LogP contribution in [0.15, 0.2) is 24.3 Å². The predicted molar refractivity (Wildman–Crippen MR) is 80.3 cm³/mol. The number of benzene rings is 1. The molecule has 1 amide bonds. The van der Waals surface area contributed by atoms with Crippen LogP contribution < -0.4 is 0 Å². The largest absolute Gasteiger partial charge is 0.325 e. The molecule has 3 rings (SSSR count). The van der Waals surface area contributed by atoms with Gasteiger partial charge in [0.2, 0.25) is 5.91 Å². The Hall–Kier alpha value is -0.670. The quantitative estimate of drug-likeness (QED) is 0.818. The average Bonchev–Trinajstić information content (AvgIpc) is 3.09. The lowest BCUT2D eigenvalue weighted by Crippen LogP contribution is -2.34. The zero-order valence-corrected chi connectivity index (χ0v) is 12.4. The van der Waals surface area contributed by atoms with E-state index in [1.165, 1.54) is 12.8 Å². The zero-order chi connectivity index (χ0) is 13.2. The predicted octanol–water partition coefficient (Wildman–Crippen LogP) is 4.10. The van der Waals surface area contributed by atoms with Gasteiger partial charge in [-0.1, -0.05) is 36.6 Å². The lowest BCUT2D eigenvalue weighted by Gasteiger charge is -2.27. The van der Waals surface area contributed by atoms with Crippen molar-refractivity contribution in [1.82, 2.24) is 4.90 Å². The van der Waals surface area contributed by atoms with Crippen molar-refractivity contribution >= 4 is 29.3 Å². The first-order valence-corrected chi connectivity index (χ1v) is 8.36. The number of amides is 1. The van der Waals surface area contributed by atoms with Gasteiger partial charge in [0, 0.05) is 23.2 Å². The third-order valence-corrected chi connectivity index (χ3v) is 5.51. The van der Waals surface area contributed by atoms with E-state index < -0.39 is 0 Å². The molecule has 1 saturated carbocycles. The fourth-order valence-electron chi connectivity index (χ4n) is 3.04. The molecule has 1 atom stereocenters. The number of nitrogens with zero attached hydrogens (tertiary/aromatic N) is 1. The smallest absolute Gasteiger partial charge is 0.226 e. The maximum absolute atomic E-state index is 12.6. The van der Waals surface area contributed by atoms with E-state index >= 15 is 0 Å². The van der Waals surface area contributed by atoms with Gasteiger partial charge >= 0.3 is 0 Å². The minimum absolute atomic E-state index is 0.159. The molecule has 0 radical (unpaired) electrons. The highest BCUT2D eigenvalue weighted by Crippen LogP contribution is 2.40. The Bertz CT molecular complexity index is 473. The first-order chi connectivity index (χ1) is 9.25. The van der Waals surface area contributed by atoms with E-state index in [2.05, 4.69) is 11.0 Å². The minimum atomic E-state index is 0.159. The summed E-state index contributed by atoms with van der Waals surface area (Å²) >= 11 is 7.91. The van der Waals surface area contributed by atoms with E-state index in [1.54, 1.807) is 0 Å². The van der Waals surface area contributed by atoms with Gasteiger partial charge in [0.1, 0.15) is 5.37 Å². The van der Waals surface area contributed by atoms with Gasteiger partial charge in [-0.3, -0.25) is 4.79 Å². The fourth-order valence-corrected chi connectivity index (χ4v) is 4.49. The summed E-state index contributed by atoms with van der Waals surface area (Å²) in [5.74, 6) is 1.64. The van der Waals surface area contributed by atoms with Crippen molar-refractivity contribution in [3.05, 3.63) is 34.9 Å². The van der Waals surface area contributed by atoms with Gasteiger partial charge in [-0.2, -0.15) is 0 Å². The van der Waals surface area contributed by atoms with Crippen molar-refractivity contribution in [3.8, 4) is 0 Å². The maximum atomic E-state index is 12.6. The number of halogens is 1. The molecule has 0 bridgehead atoms. The summed E-state index contributed by atoms with van der Waals surface area (Å²) in [7, 11) is 0. The third-order valence-electron chi connectivity index (χ3n) is 4.01. The third kappa shape index (κ3) is 2.77. The minimum Gasteiger partial charge on any atom is -0.325 e. The Morgan fingerprint density at radius 1 is 1.32 bits per heavy atom. The van der Waals surface area contributed by atoms with E-state index in [0.29, 0.717) is 5.91 Å². The van der Waals surface area contributed by atoms with E-state index in [9.17, 15) is 4.79 Å². The first-order valence-electron chi connectivity index (χ1n) is 6.93. The van der Waals surface area contributed by atoms with Crippen molar-refractivity contribution < 1.29 is 4.79 Å². The summed E-state index contributed by atoms with van der Waals surface area (Å²) in [4.78, 5) is 14.7. The van der Waals surface area contributed by atoms with E-state index in [0.717, 1.165) is 35.7 Å². The molecular formula is C15H18ClNOS. The van der Waals surface area contributed by atoms with Crippen LogP contribution >= 0.6 is 23.4 Å². The summed E-state index contributed by atoms with van der Waals surface area (Å²) in [6, 6.07) is 7.91. The van der Waals surface area contributed by atoms with Gasteiger partial charge in [0.15, 0.2) is 0 Å². The van der Waals surface area contributed by atoms with Crippen molar-refractivity contribution in [3.63, 3.8) is 0 Å².